The summed E-state index contributed by atoms with van der Waals surface area (Å²) in [7, 11) is 0. The maximum atomic E-state index is 12.4. The van der Waals surface area contributed by atoms with Crippen LogP contribution in [0.1, 0.15) is 32.7 Å². The standard InChI is InChI=1S/C20H15N5O6/c21-8-7-17(26)22-10-12-1-3-13(4-2-12)23-18(27)11-24-19(28)15-6-5-14(25(30)31)9-16(15)20(24)29/h1-6,9H,7,10-11H2,(H,22,26)(H,23,27). The summed E-state index contributed by atoms with van der Waals surface area (Å²) in [4.78, 5) is 59.4. The Kier molecular flexibility index (Phi) is 6.02. The Bertz CT molecular complexity index is 1140. The number of imide groups is 1. The molecule has 2 N–H and O–H groups in total. The van der Waals surface area contributed by atoms with Crippen LogP contribution in [-0.4, -0.2) is 40.0 Å². The molecule has 2 aromatic carbocycles. The first-order valence-electron chi connectivity index (χ1n) is 8.97. The van der Waals surface area contributed by atoms with Gasteiger partial charge in [0.2, 0.25) is 11.8 Å². The predicted molar refractivity (Wildman–Crippen MR) is 106 cm³/mol. The highest BCUT2D eigenvalue weighted by Crippen LogP contribution is 2.26. The van der Waals surface area contributed by atoms with Crippen molar-refractivity contribution < 1.29 is 24.1 Å². The number of benzene rings is 2. The van der Waals surface area contributed by atoms with E-state index in [0.29, 0.717) is 5.69 Å². The van der Waals surface area contributed by atoms with Crippen LogP contribution in [0.5, 0.6) is 0 Å². The van der Waals surface area contributed by atoms with E-state index in [1.54, 1.807) is 30.3 Å². The number of hydrogen-bond donors (Lipinski definition) is 2. The van der Waals surface area contributed by atoms with Crippen LogP contribution in [0.4, 0.5) is 11.4 Å². The fourth-order valence-corrected chi connectivity index (χ4v) is 2.92. The molecule has 0 saturated heterocycles. The first-order valence-corrected chi connectivity index (χ1v) is 8.97. The second-order valence-electron chi connectivity index (χ2n) is 6.54. The highest BCUT2D eigenvalue weighted by molar-refractivity contribution is 6.23. The van der Waals surface area contributed by atoms with Crippen LogP contribution in [-0.2, 0) is 16.1 Å². The van der Waals surface area contributed by atoms with Gasteiger partial charge < -0.3 is 10.6 Å². The van der Waals surface area contributed by atoms with E-state index >= 15 is 0 Å². The van der Waals surface area contributed by atoms with E-state index in [2.05, 4.69) is 10.6 Å². The molecule has 11 nitrogen and oxygen atoms in total. The zero-order valence-corrected chi connectivity index (χ0v) is 16.0. The van der Waals surface area contributed by atoms with Crippen molar-refractivity contribution in [1.29, 1.82) is 5.26 Å². The Hall–Kier alpha value is -4.59. The third-order valence-corrected chi connectivity index (χ3v) is 4.43. The molecule has 0 saturated carbocycles. The van der Waals surface area contributed by atoms with Gasteiger partial charge in [-0.3, -0.25) is 34.2 Å². The van der Waals surface area contributed by atoms with Crippen LogP contribution >= 0.6 is 0 Å². The summed E-state index contributed by atoms with van der Waals surface area (Å²) in [6, 6.07) is 11.5. The Labute approximate surface area is 175 Å². The summed E-state index contributed by atoms with van der Waals surface area (Å²) < 4.78 is 0. The van der Waals surface area contributed by atoms with Crippen molar-refractivity contribution >= 4 is 35.0 Å². The van der Waals surface area contributed by atoms with E-state index in [1.165, 1.54) is 6.07 Å². The van der Waals surface area contributed by atoms with Crippen molar-refractivity contribution in [3.63, 3.8) is 0 Å². The molecule has 31 heavy (non-hydrogen) atoms. The quantitative estimate of drug-likeness (QED) is 0.387. The van der Waals surface area contributed by atoms with Gasteiger partial charge in [-0.25, -0.2) is 0 Å². The average molecular weight is 421 g/mol. The van der Waals surface area contributed by atoms with E-state index in [0.717, 1.165) is 22.6 Å². The summed E-state index contributed by atoms with van der Waals surface area (Å²) in [5.74, 6) is -2.50. The Balaban J connectivity index is 1.60. The summed E-state index contributed by atoms with van der Waals surface area (Å²) in [5.41, 5.74) is 0.715. The number of non-ortho nitro benzene ring substituents is 1. The molecule has 0 aliphatic carbocycles. The van der Waals surface area contributed by atoms with Crippen LogP contribution in [0.15, 0.2) is 42.5 Å². The number of nitriles is 1. The first-order chi connectivity index (χ1) is 14.8. The Morgan fingerprint density at radius 3 is 2.35 bits per heavy atom. The molecule has 0 radical (unpaired) electrons. The summed E-state index contributed by atoms with van der Waals surface area (Å²) in [6.45, 7) is -0.331. The SMILES string of the molecule is N#CCC(=O)NCc1ccc(NC(=O)CN2C(=O)c3ccc([N+](=O)[O-])cc3C2=O)cc1. The number of amides is 4. The summed E-state index contributed by atoms with van der Waals surface area (Å²) in [5, 5.41) is 24.4. The second kappa shape index (κ2) is 8.83. The lowest BCUT2D eigenvalue weighted by atomic mass is 10.1. The van der Waals surface area contributed by atoms with Gasteiger partial charge in [-0.1, -0.05) is 12.1 Å². The Morgan fingerprint density at radius 1 is 1.03 bits per heavy atom. The van der Waals surface area contributed by atoms with Crippen LogP contribution < -0.4 is 10.6 Å². The van der Waals surface area contributed by atoms with Gasteiger partial charge in [0.15, 0.2) is 0 Å². The topological polar surface area (TPSA) is 163 Å². The molecule has 0 unspecified atom stereocenters. The van der Waals surface area contributed by atoms with E-state index in [-0.39, 0.29) is 29.8 Å². The van der Waals surface area contributed by atoms with Gasteiger partial charge in [0.05, 0.1) is 22.1 Å². The fourth-order valence-electron chi connectivity index (χ4n) is 2.92. The molecule has 0 atom stereocenters. The van der Waals surface area contributed by atoms with Gasteiger partial charge in [0.1, 0.15) is 13.0 Å². The smallest absolute Gasteiger partial charge is 0.270 e. The average Bonchev–Trinajstić information content (AvgIpc) is 2.98. The second-order valence-corrected chi connectivity index (χ2v) is 6.54. The van der Waals surface area contributed by atoms with Crippen molar-refractivity contribution in [1.82, 2.24) is 10.2 Å². The number of nitro benzene ring substituents is 1. The van der Waals surface area contributed by atoms with Crippen LogP contribution in [0.3, 0.4) is 0 Å². The van der Waals surface area contributed by atoms with Crippen molar-refractivity contribution in [3.05, 3.63) is 69.3 Å². The van der Waals surface area contributed by atoms with Gasteiger partial charge in [0, 0.05) is 24.4 Å². The molecule has 0 spiro atoms. The lowest BCUT2D eigenvalue weighted by Gasteiger charge is -2.14. The normalized spacial score (nSPS) is 12.2. The minimum absolute atomic E-state index is 0.00574. The molecular weight excluding hydrogens is 406 g/mol. The number of fused-ring (bicyclic) bond motifs is 1. The summed E-state index contributed by atoms with van der Waals surface area (Å²) >= 11 is 0. The third kappa shape index (κ3) is 4.70. The molecule has 2 aromatic rings. The number of rotatable bonds is 7. The molecule has 4 amide bonds. The van der Waals surface area contributed by atoms with E-state index in [1.807, 2.05) is 0 Å². The van der Waals surface area contributed by atoms with Crippen molar-refractivity contribution in [2.75, 3.05) is 11.9 Å². The number of carbonyl (C=O) groups excluding carboxylic acids is 4. The molecule has 0 aromatic heterocycles. The summed E-state index contributed by atoms with van der Waals surface area (Å²) in [6.07, 6.45) is -0.237. The zero-order valence-electron chi connectivity index (χ0n) is 16.0. The van der Waals surface area contributed by atoms with Crippen LogP contribution in [0.25, 0.3) is 0 Å². The molecular formula is C20H15N5O6. The van der Waals surface area contributed by atoms with Crippen LogP contribution in [0, 0.1) is 21.4 Å². The maximum absolute atomic E-state index is 12.4. The Morgan fingerprint density at radius 2 is 1.71 bits per heavy atom. The number of hydrogen-bond acceptors (Lipinski definition) is 7. The molecule has 1 heterocycles. The highest BCUT2D eigenvalue weighted by Gasteiger charge is 2.37. The minimum atomic E-state index is -0.776. The van der Waals surface area contributed by atoms with Gasteiger partial charge in [-0.2, -0.15) is 5.26 Å². The molecule has 0 bridgehead atoms. The fraction of sp³-hybridized carbons (Fsp3) is 0.150. The molecule has 3 rings (SSSR count). The molecule has 11 heteroatoms. The van der Waals surface area contributed by atoms with Gasteiger partial charge in [0.25, 0.3) is 17.5 Å². The molecule has 0 fully saturated rings. The number of nitrogens with zero attached hydrogens (tertiary/aromatic N) is 3. The van der Waals surface area contributed by atoms with Gasteiger partial charge >= 0.3 is 0 Å². The monoisotopic (exact) mass is 421 g/mol. The number of nitrogens with one attached hydrogen (secondary N) is 2. The maximum Gasteiger partial charge on any atom is 0.270 e. The van der Waals surface area contributed by atoms with Crippen LogP contribution in [0.2, 0.25) is 0 Å². The number of nitro groups is 1. The largest absolute Gasteiger partial charge is 0.351 e. The molecule has 1 aliphatic heterocycles. The highest BCUT2D eigenvalue weighted by atomic mass is 16.6. The van der Waals surface area contributed by atoms with Crippen molar-refractivity contribution in [3.8, 4) is 6.07 Å². The van der Waals surface area contributed by atoms with Gasteiger partial charge in [-0.05, 0) is 23.8 Å². The molecule has 156 valence electrons. The minimum Gasteiger partial charge on any atom is -0.351 e. The van der Waals surface area contributed by atoms with Crippen molar-refractivity contribution in [2.24, 2.45) is 0 Å². The lowest BCUT2D eigenvalue weighted by Crippen LogP contribution is -2.37. The van der Waals surface area contributed by atoms with E-state index in [9.17, 15) is 29.3 Å². The molecule has 1 aliphatic rings. The van der Waals surface area contributed by atoms with E-state index < -0.39 is 35.1 Å². The number of anilines is 1. The zero-order chi connectivity index (χ0) is 22.5. The lowest BCUT2D eigenvalue weighted by molar-refractivity contribution is -0.384. The van der Waals surface area contributed by atoms with Gasteiger partial charge in [-0.15, -0.1) is 0 Å². The third-order valence-electron chi connectivity index (χ3n) is 4.43. The first kappa shape index (κ1) is 21.1. The predicted octanol–water partition coefficient (Wildman–Crippen LogP) is 1.36. The van der Waals surface area contributed by atoms with Crippen molar-refractivity contribution in [2.45, 2.75) is 13.0 Å². The number of carbonyl (C=O) groups is 4. The van der Waals surface area contributed by atoms with E-state index in [4.69, 9.17) is 5.26 Å².